The molecule has 1 aromatic heterocycles. The summed E-state index contributed by atoms with van der Waals surface area (Å²) in [6, 6.07) is 16.2. The second kappa shape index (κ2) is 12.4. The molecule has 0 spiro atoms. The van der Waals surface area contributed by atoms with E-state index in [1.54, 1.807) is 42.5 Å². The van der Waals surface area contributed by atoms with Crippen molar-refractivity contribution in [2.24, 2.45) is 0 Å². The van der Waals surface area contributed by atoms with Crippen LogP contribution >= 0.6 is 11.6 Å². The molecule has 2 aromatic carbocycles. The predicted molar refractivity (Wildman–Crippen MR) is 145 cm³/mol. The quantitative estimate of drug-likeness (QED) is 0.296. The van der Waals surface area contributed by atoms with Crippen molar-refractivity contribution in [2.75, 3.05) is 13.2 Å². The third-order valence-electron chi connectivity index (χ3n) is 7.37. The Bertz CT molecular complexity index is 1360. The van der Waals surface area contributed by atoms with E-state index in [2.05, 4.69) is 9.97 Å². The minimum Gasteiger partial charge on any atom is -0.481 e. The van der Waals surface area contributed by atoms with Crippen LogP contribution in [0, 0.1) is 0 Å². The Hall–Kier alpha value is -3.37. The molecule has 214 valence electrons. The van der Waals surface area contributed by atoms with Gasteiger partial charge in [-0.15, -0.1) is 0 Å². The van der Waals surface area contributed by atoms with Crippen LogP contribution in [-0.2, 0) is 18.4 Å². The van der Waals surface area contributed by atoms with Crippen molar-refractivity contribution in [1.29, 1.82) is 0 Å². The van der Waals surface area contributed by atoms with Crippen molar-refractivity contribution < 1.29 is 27.8 Å². The van der Waals surface area contributed by atoms with Crippen LogP contribution in [0.1, 0.15) is 60.0 Å². The number of carbonyl (C=O) groups excluding carboxylic acids is 1. The molecule has 1 atom stereocenters. The number of aliphatic hydroxyl groups is 1. The number of aliphatic hydroxyl groups excluding tert-OH is 1. The van der Waals surface area contributed by atoms with E-state index in [0.717, 1.165) is 31.2 Å². The fourth-order valence-corrected chi connectivity index (χ4v) is 5.33. The van der Waals surface area contributed by atoms with Crippen molar-refractivity contribution in [3.8, 4) is 5.75 Å². The Kier molecular flexibility index (Phi) is 9.20. The molecule has 7 nitrogen and oxygen atoms in total. The molecular formula is C29H31ClF3N3O4. The molecule has 2 N–H and O–H groups in total. The highest BCUT2D eigenvalue weighted by Crippen LogP contribution is 2.43. The molecule has 11 heteroatoms. The summed E-state index contributed by atoms with van der Waals surface area (Å²) in [5, 5.41) is 10.0. The Labute approximate surface area is 235 Å². The fourth-order valence-electron chi connectivity index (χ4n) is 5.21. The van der Waals surface area contributed by atoms with E-state index in [9.17, 15) is 23.5 Å². The van der Waals surface area contributed by atoms with Crippen LogP contribution in [0.2, 0.25) is 5.02 Å². The number of halogens is 4. The first-order valence-electron chi connectivity index (χ1n) is 13.0. The SMILES string of the molecule is CC(F)(C(F)F)N(CCO)C(=O)c1nc(CC2(c3ccc(Cl)cc3)CCCC2)[nH]c(=O)c1OCc1ccccc1. The molecule has 1 aliphatic carbocycles. The van der Waals surface area contributed by atoms with Crippen LogP contribution in [-0.4, -0.2) is 51.3 Å². The fraction of sp³-hybridized carbons (Fsp3) is 0.414. The highest BCUT2D eigenvalue weighted by Gasteiger charge is 2.46. The minimum absolute atomic E-state index is 0.123. The van der Waals surface area contributed by atoms with Crippen LogP contribution in [0.3, 0.4) is 0 Å². The second-order valence-corrected chi connectivity index (χ2v) is 10.6. The first-order chi connectivity index (χ1) is 19.1. The maximum atomic E-state index is 15.1. The van der Waals surface area contributed by atoms with Crippen molar-refractivity contribution in [3.63, 3.8) is 0 Å². The van der Waals surface area contributed by atoms with E-state index < -0.39 is 53.7 Å². The van der Waals surface area contributed by atoms with E-state index in [1.165, 1.54) is 0 Å². The number of ether oxygens (including phenoxy) is 1. The number of amides is 1. The Morgan fingerprint density at radius 3 is 2.42 bits per heavy atom. The van der Waals surface area contributed by atoms with Gasteiger partial charge in [0.25, 0.3) is 17.9 Å². The summed E-state index contributed by atoms with van der Waals surface area (Å²) in [6.45, 7) is -1.11. The minimum atomic E-state index is -3.58. The maximum Gasteiger partial charge on any atom is 0.294 e. The normalized spacial score (nSPS) is 16.1. The number of nitrogens with zero attached hydrogens (tertiary/aromatic N) is 2. The number of alkyl halides is 3. The van der Waals surface area contributed by atoms with Gasteiger partial charge in [-0.1, -0.05) is 66.9 Å². The predicted octanol–water partition coefficient (Wildman–Crippen LogP) is 5.44. The van der Waals surface area contributed by atoms with E-state index in [-0.39, 0.29) is 23.8 Å². The van der Waals surface area contributed by atoms with Crippen molar-refractivity contribution in [2.45, 2.75) is 63.3 Å². The molecular weight excluding hydrogens is 547 g/mol. The van der Waals surface area contributed by atoms with Gasteiger partial charge in [0.2, 0.25) is 11.5 Å². The number of hydrogen-bond acceptors (Lipinski definition) is 5. The van der Waals surface area contributed by atoms with Crippen LogP contribution in [0.15, 0.2) is 59.4 Å². The number of benzene rings is 2. The summed E-state index contributed by atoms with van der Waals surface area (Å²) in [5.41, 5.74) is -0.139. The number of hydrogen-bond donors (Lipinski definition) is 2. The molecule has 1 unspecified atom stereocenters. The molecule has 0 saturated heterocycles. The largest absolute Gasteiger partial charge is 0.481 e. The van der Waals surface area contributed by atoms with Crippen molar-refractivity contribution in [3.05, 3.63) is 92.6 Å². The van der Waals surface area contributed by atoms with Crippen LogP contribution < -0.4 is 10.3 Å². The zero-order valence-corrected chi connectivity index (χ0v) is 22.8. The highest BCUT2D eigenvalue weighted by atomic mass is 35.5. The van der Waals surface area contributed by atoms with Crippen LogP contribution in [0.25, 0.3) is 0 Å². The van der Waals surface area contributed by atoms with Gasteiger partial charge >= 0.3 is 0 Å². The van der Waals surface area contributed by atoms with E-state index >= 15 is 4.39 Å². The third kappa shape index (κ3) is 6.33. The lowest BCUT2D eigenvalue weighted by Gasteiger charge is -2.34. The van der Waals surface area contributed by atoms with E-state index in [1.807, 2.05) is 12.1 Å². The van der Waals surface area contributed by atoms with Crippen molar-refractivity contribution >= 4 is 17.5 Å². The zero-order chi connectivity index (χ0) is 28.9. The lowest BCUT2D eigenvalue weighted by molar-refractivity contribution is -0.114. The van der Waals surface area contributed by atoms with Gasteiger partial charge in [-0.3, -0.25) is 14.5 Å². The standard InChI is InChI=1S/C29H31ClF3N3O4/c1-28(33,27(31)32)36(15-16-37)26(39)23-24(40-18-19-7-3-2-4-8-19)25(38)35-22(34-23)17-29(13-5-6-14-29)20-9-11-21(30)12-10-20/h2-4,7-12,27,37H,5-6,13-18H2,1H3,(H,34,35,38). The smallest absolute Gasteiger partial charge is 0.294 e. The molecule has 1 heterocycles. The van der Waals surface area contributed by atoms with E-state index in [4.69, 9.17) is 16.3 Å². The van der Waals surface area contributed by atoms with Gasteiger partial charge in [0.1, 0.15) is 12.4 Å². The number of aromatic nitrogens is 2. The molecule has 1 amide bonds. The van der Waals surface area contributed by atoms with Gasteiger partial charge in [0.05, 0.1) is 6.61 Å². The summed E-state index contributed by atoms with van der Waals surface area (Å²) < 4.78 is 48.1. The van der Waals surface area contributed by atoms with Gasteiger partial charge < -0.3 is 14.8 Å². The molecule has 1 fully saturated rings. The van der Waals surface area contributed by atoms with Crippen molar-refractivity contribution in [1.82, 2.24) is 14.9 Å². The first-order valence-corrected chi connectivity index (χ1v) is 13.4. The number of rotatable bonds is 11. The number of nitrogens with one attached hydrogen (secondary N) is 1. The molecule has 40 heavy (non-hydrogen) atoms. The van der Waals surface area contributed by atoms with Gasteiger partial charge in [-0.2, -0.15) is 0 Å². The zero-order valence-electron chi connectivity index (χ0n) is 22.0. The summed E-state index contributed by atoms with van der Waals surface area (Å²) in [7, 11) is 0. The molecule has 1 saturated carbocycles. The summed E-state index contributed by atoms with van der Waals surface area (Å²) in [4.78, 5) is 34.1. The molecule has 4 rings (SSSR count). The lowest BCUT2D eigenvalue weighted by Crippen LogP contribution is -2.53. The molecule has 3 aromatic rings. The molecule has 0 radical (unpaired) electrons. The average molecular weight is 578 g/mol. The Morgan fingerprint density at radius 2 is 1.82 bits per heavy atom. The summed E-state index contributed by atoms with van der Waals surface area (Å²) >= 11 is 6.09. The third-order valence-corrected chi connectivity index (χ3v) is 7.62. The highest BCUT2D eigenvalue weighted by molar-refractivity contribution is 6.30. The second-order valence-electron chi connectivity index (χ2n) is 10.1. The number of carbonyl (C=O) groups is 1. The average Bonchev–Trinajstić information content (AvgIpc) is 3.40. The topological polar surface area (TPSA) is 95.5 Å². The molecule has 0 aliphatic heterocycles. The van der Waals surface area contributed by atoms with Crippen LogP contribution in [0.4, 0.5) is 13.2 Å². The van der Waals surface area contributed by atoms with Gasteiger partial charge in [0.15, 0.2) is 5.69 Å². The lowest BCUT2D eigenvalue weighted by atomic mass is 9.76. The maximum absolute atomic E-state index is 15.1. The van der Waals surface area contributed by atoms with E-state index in [0.29, 0.717) is 17.5 Å². The molecule has 1 aliphatic rings. The Balaban J connectivity index is 1.78. The summed E-state index contributed by atoms with van der Waals surface area (Å²) in [6.07, 6.45) is 0.123. The monoisotopic (exact) mass is 577 g/mol. The number of aromatic amines is 1. The molecule has 0 bridgehead atoms. The first kappa shape index (κ1) is 29.6. The Morgan fingerprint density at radius 1 is 1.18 bits per heavy atom. The van der Waals surface area contributed by atoms with Gasteiger partial charge in [-0.05, 0) is 43.0 Å². The number of H-pyrrole nitrogens is 1. The van der Waals surface area contributed by atoms with Gasteiger partial charge in [0, 0.05) is 23.4 Å². The van der Waals surface area contributed by atoms with Gasteiger partial charge in [-0.25, -0.2) is 18.2 Å². The summed E-state index contributed by atoms with van der Waals surface area (Å²) in [5.74, 6) is -5.10. The van der Waals surface area contributed by atoms with Crippen LogP contribution in [0.5, 0.6) is 5.75 Å².